The molecule has 1 aromatic rings. The quantitative estimate of drug-likeness (QED) is 0.398. The summed E-state index contributed by atoms with van der Waals surface area (Å²) in [6.45, 7) is -0.170. The summed E-state index contributed by atoms with van der Waals surface area (Å²) in [5.74, 6) is -1.17. The Labute approximate surface area is 150 Å². The zero-order chi connectivity index (χ0) is 19.2. The highest BCUT2D eigenvalue weighted by Gasteiger charge is 2.50. The molecule has 0 aromatic heterocycles. The van der Waals surface area contributed by atoms with Crippen LogP contribution in [0.25, 0.3) is 0 Å². The van der Waals surface area contributed by atoms with Crippen molar-refractivity contribution in [2.45, 2.75) is 56.7 Å². The molecule has 0 heterocycles. The van der Waals surface area contributed by atoms with E-state index in [1.807, 2.05) is 0 Å². The number of ether oxygens (including phenoxy) is 1. The Kier molecular flexibility index (Phi) is 7.05. The van der Waals surface area contributed by atoms with E-state index in [2.05, 4.69) is 4.18 Å². The van der Waals surface area contributed by atoms with Gasteiger partial charge < -0.3 is 4.74 Å². The zero-order valence-corrected chi connectivity index (χ0v) is 14.9. The normalized spacial score (nSPS) is 17.7. The number of esters is 1. The SMILES string of the molecule is O=C(OCc1ccccc1)[C@H](CC1CCCCC1)OS(=O)(=O)C(F)(F)F. The first kappa shape index (κ1) is 20.7. The second-order valence-corrected chi connectivity index (χ2v) is 7.88. The van der Waals surface area contributed by atoms with Crippen molar-refractivity contribution in [1.29, 1.82) is 0 Å². The third-order valence-electron chi connectivity index (χ3n) is 4.29. The molecule has 0 radical (unpaired) electrons. The number of benzene rings is 1. The summed E-state index contributed by atoms with van der Waals surface area (Å²) < 4.78 is 69.7. The Balaban J connectivity index is 2.06. The highest BCUT2D eigenvalue weighted by Crippen LogP contribution is 2.31. The van der Waals surface area contributed by atoms with Gasteiger partial charge in [-0.3, -0.25) is 0 Å². The Hall–Kier alpha value is -1.61. The lowest BCUT2D eigenvalue weighted by Gasteiger charge is -2.25. The van der Waals surface area contributed by atoms with Crippen molar-refractivity contribution in [2.75, 3.05) is 0 Å². The smallest absolute Gasteiger partial charge is 0.459 e. The van der Waals surface area contributed by atoms with Crippen LogP contribution >= 0.6 is 0 Å². The molecule has 1 aromatic carbocycles. The summed E-state index contributed by atoms with van der Waals surface area (Å²) in [4.78, 5) is 12.2. The topological polar surface area (TPSA) is 69.7 Å². The minimum atomic E-state index is -5.88. The van der Waals surface area contributed by atoms with Crippen molar-refractivity contribution in [3.63, 3.8) is 0 Å². The molecule has 0 aliphatic heterocycles. The number of alkyl halides is 3. The van der Waals surface area contributed by atoms with Crippen molar-refractivity contribution in [3.05, 3.63) is 35.9 Å². The van der Waals surface area contributed by atoms with Gasteiger partial charge in [0.05, 0.1) is 0 Å². The number of hydrogen-bond donors (Lipinski definition) is 0. The molecular formula is C17H21F3O5S. The molecule has 0 N–H and O–H groups in total. The van der Waals surface area contributed by atoms with Gasteiger partial charge in [0.2, 0.25) is 0 Å². The average Bonchev–Trinajstić information content (AvgIpc) is 2.60. The molecule has 1 fully saturated rings. The fourth-order valence-electron chi connectivity index (χ4n) is 2.93. The molecule has 1 saturated carbocycles. The first-order valence-corrected chi connectivity index (χ1v) is 9.80. The molecule has 1 atom stereocenters. The molecule has 1 aliphatic rings. The van der Waals surface area contributed by atoms with E-state index in [4.69, 9.17) is 4.74 Å². The maximum absolute atomic E-state index is 12.6. The third-order valence-corrected chi connectivity index (χ3v) is 5.34. The van der Waals surface area contributed by atoms with Crippen LogP contribution in [0.4, 0.5) is 13.2 Å². The molecule has 1 aliphatic carbocycles. The van der Waals surface area contributed by atoms with Crippen molar-refractivity contribution < 1.29 is 35.3 Å². The van der Waals surface area contributed by atoms with Gasteiger partial charge in [0.1, 0.15) is 6.61 Å². The van der Waals surface area contributed by atoms with Crippen molar-refractivity contribution in [3.8, 4) is 0 Å². The number of halogens is 3. The molecule has 0 spiro atoms. The average molecular weight is 394 g/mol. The minimum absolute atomic E-state index is 0.0681. The monoisotopic (exact) mass is 394 g/mol. The van der Waals surface area contributed by atoms with E-state index < -0.39 is 27.7 Å². The molecule has 0 amide bonds. The first-order valence-electron chi connectivity index (χ1n) is 8.39. The summed E-state index contributed by atoms with van der Waals surface area (Å²) in [7, 11) is -5.88. The van der Waals surface area contributed by atoms with E-state index in [1.54, 1.807) is 30.3 Å². The summed E-state index contributed by atoms with van der Waals surface area (Å²) in [5, 5.41) is 0. The van der Waals surface area contributed by atoms with Crippen molar-refractivity contribution in [2.24, 2.45) is 5.92 Å². The van der Waals surface area contributed by atoms with E-state index >= 15 is 0 Å². The maximum atomic E-state index is 12.6. The molecule has 9 heteroatoms. The van der Waals surface area contributed by atoms with E-state index in [9.17, 15) is 26.4 Å². The molecule has 0 bridgehead atoms. The van der Waals surface area contributed by atoms with Gasteiger partial charge in [0.15, 0.2) is 6.10 Å². The van der Waals surface area contributed by atoms with Crippen LogP contribution in [0.1, 0.15) is 44.1 Å². The maximum Gasteiger partial charge on any atom is 0.523 e. The molecule has 26 heavy (non-hydrogen) atoms. The third kappa shape index (κ3) is 5.98. The van der Waals surface area contributed by atoms with E-state index in [0.717, 1.165) is 32.1 Å². The van der Waals surface area contributed by atoms with E-state index in [0.29, 0.717) is 5.56 Å². The van der Waals surface area contributed by atoms with E-state index in [-0.39, 0.29) is 18.9 Å². The number of hydrogen-bond acceptors (Lipinski definition) is 5. The van der Waals surface area contributed by atoms with Crippen LogP contribution in [0.3, 0.4) is 0 Å². The number of carbonyl (C=O) groups excluding carboxylic acids is 1. The van der Waals surface area contributed by atoms with Crippen LogP contribution in [-0.2, 0) is 30.4 Å². The Morgan fingerprint density at radius 3 is 2.31 bits per heavy atom. The molecule has 0 saturated heterocycles. The predicted octanol–water partition coefficient (Wildman–Crippen LogP) is 3.94. The molecule has 146 valence electrons. The Bertz CT molecular complexity index is 682. The van der Waals surface area contributed by atoms with Gasteiger partial charge in [-0.1, -0.05) is 62.4 Å². The second kappa shape index (κ2) is 8.85. The van der Waals surface area contributed by atoms with Gasteiger partial charge in [0, 0.05) is 0 Å². The van der Waals surface area contributed by atoms with Crippen LogP contribution < -0.4 is 0 Å². The Morgan fingerprint density at radius 1 is 1.12 bits per heavy atom. The number of rotatable bonds is 7. The van der Waals surface area contributed by atoms with Crippen LogP contribution in [0, 0.1) is 5.92 Å². The molecule has 5 nitrogen and oxygen atoms in total. The zero-order valence-electron chi connectivity index (χ0n) is 14.1. The lowest BCUT2D eigenvalue weighted by atomic mass is 9.85. The van der Waals surface area contributed by atoms with Crippen LogP contribution in [0.5, 0.6) is 0 Å². The summed E-state index contributed by atoms with van der Waals surface area (Å²) in [6.07, 6.45) is 2.33. The van der Waals surface area contributed by atoms with Crippen molar-refractivity contribution >= 4 is 16.1 Å². The van der Waals surface area contributed by atoms with Gasteiger partial charge in [-0.15, -0.1) is 0 Å². The van der Waals surface area contributed by atoms with Crippen LogP contribution in [-0.4, -0.2) is 26.0 Å². The first-order chi connectivity index (χ1) is 12.2. The molecular weight excluding hydrogens is 373 g/mol. The molecule has 2 rings (SSSR count). The minimum Gasteiger partial charge on any atom is -0.459 e. The highest BCUT2D eigenvalue weighted by atomic mass is 32.2. The summed E-state index contributed by atoms with van der Waals surface area (Å²) in [5.41, 5.74) is -4.95. The second-order valence-electron chi connectivity index (χ2n) is 6.32. The fraction of sp³-hybridized carbons (Fsp3) is 0.588. The Morgan fingerprint density at radius 2 is 1.73 bits per heavy atom. The van der Waals surface area contributed by atoms with Crippen LogP contribution in [0.2, 0.25) is 0 Å². The fourth-order valence-corrected chi connectivity index (χ4v) is 3.50. The predicted molar refractivity (Wildman–Crippen MR) is 87.3 cm³/mol. The van der Waals surface area contributed by atoms with E-state index in [1.165, 1.54) is 0 Å². The lowest BCUT2D eigenvalue weighted by molar-refractivity contribution is -0.155. The van der Waals surface area contributed by atoms with Gasteiger partial charge in [-0.05, 0) is 17.9 Å². The standard InChI is InChI=1S/C17H21F3O5S/c18-17(19,20)26(22,23)25-15(11-13-7-3-1-4-8-13)16(21)24-12-14-9-5-2-6-10-14/h2,5-6,9-10,13,15H,1,3-4,7-8,11-12H2/t15-/m0/s1. The summed E-state index contributed by atoms with van der Waals surface area (Å²) >= 11 is 0. The van der Waals surface area contributed by atoms with Gasteiger partial charge in [-0.25, -0.2) is 8.98 Å². The lowest BCUT2D eigenvalue weighted by Crippen LogP contribution is -2.36. The number of carbonyl (C=O) groups is 1. The largest absolute Gasteiger partial charge is 0.523 e. The van der Waals surface area contributed by atoms with Gasteiger partial charge in [-0.2, -0.15) is 21.6 Å². The molecule has 0 unspecified atom stereocenters. The van der Waals surface area contributed by atoms with Gasteiger partial charge in [0.25, 0.3) is 0 Å². The summed E-state index contributed by atoms with van der Waals surface area (Å²) in [6, 6.07) is 8.55. The highest BCUT2D eigenvalue weighted by molar-refractivity contribution is 7.87. The van der Waals surface area contributed by atoms with Crippen LogP contribution in [0.15, 0.2) is 30.3 Å². The van der Waals surface area contributed by atoms with Gasteiger partial charge >= 0.3 is 21.6 Å². The van der Waals surface area contributed by atoms with Crippen molar-refractivity contribution in [1.82, 2.24) is 0 Å².